The van der Waals surface area contributed by atoms with Crippen LogP contribution in [0.5, 0.6) is 0 Å². The number of aryl methyl sites for hydroxylation is 2. The van der Waals surface area contributed by atoms with Crippen LogP contribution in [0.1, 0.15) is 41.9 Å². The molecule has 5 heteroatoms. The number of nitrogens with one attached hydrogen (secondary N) is 1. The van der Waals surface area contributed by atoms with E-state index in [9.17, 15) is 4.79 Å². The highest BCUT2D eigenvalue weighted by molar-refractivity contribution is 5.90. The molecule has 2 aromatic heterocycles. The van der Waals surface area contributed by atoms with E-state index in [2.05, 4.69) is 22.3 Å². The fourth-order valence-corrected chi connectivity index (χ4v) is 2.33. The van der Waals surface area contributed by atoms with Gasteiger partial charge < -0.3 is 5.32 Å². The highest BCUT2D eigenvalue weighted by atomic mass is 16.1. The van der Waals surface area contributed by atoms with Gasteiger partial charge >= 0.3 is 0 Å². The summed E-state index contributed by atoms with van der Waals surface area (Å²) in [5.74, 6) is 0.544. The lowest BCUT2D eigenvalue weighted by atomic mass is 10.2. The molecule has 1 atom stereocenters. The summed E-state index contributed by atoms with van der Waals surface area (Å²) < 4.78 is 1.92. The zero-order chi connectivity index (χ0) is 15.6. The van der Waals surface area contributed by atoms with Crippen LogP contribution in [0.2, 0.25) is 0 Å². The maximum atomic E-state index is 12.1. The SMILES string of the molecule is Cc1ccnc(NC(=O)C[C@@H](C)n2nc(C)c(C)c2C)c1. The molecule has 0 saturated heterocycles. The Morgan fingerprint density at radius 2 is 2.05 bits per heavy atom. The largest absolute Gasteiger partial charge is 0.311 e. The van der Waals surface area contributed by atoms with Crippen molar-refractivity contribution in [3.63, 3.8) is 0 Å². The molecule has 0 aliphatic rings. The Labute approximate surface area is 125 Å². The van der Waals surface area contributed by atoms with Gasteiger partial charge in [-0.15, -0.1) is 0 Å². The Kier molecular flexibility index (Phi) is 4.40. The Hall–Kier alpha value is -2.17. The Morgan fingerprint density at radius 3 is 2.62 bits per heavy atom. The standard InChI is InChI=1S/C16H22N4O/c1-10-6-7-17-15(8-10)18-16(21)9-11(2)20-14(5)12(3)13(4)19-20/h6-8,11H,9H2,1-5H3,(H,17,18,21)/t11-/m1/s1. The minimum absolute atomic E-state index is 0.0159. The van der Waals surface area contributed by atoms with Gasteiger partial charge in [0.2, 0.25) is 5.91 Å². The molecule has 0 fully saturated rings. The molecule has 0 unspecified atom stereocenters. The van der Waals surface area contributed by atoms with Crippen LogP contribution in [0, 0.1) is 27.7 Å². The number of nitrogens with zero attached hydrogens (tertiary/aromatic N) is 3. The van der Waals surface area contributed by atoms with E-state index in [0.717, 1.165) is 17.0 Å². The quantitative estimate of drug-likeness (QED) is 0.939. The van der Waals surface area contributed by atoms with Gasteiger partial charge in [0, 0.05) is 18.3 Å². The average molecular weight is 286 g/mol. The number of hydrogen-bond acceptors (Lipinski definition) is 3. The average Bonchev–Trinajstić information content (AvgIpc) is 2.66. The van der Waals surface area contributed by atoms with Crippen LogP contribution in [0.4, 0.5) is 5.82 Å². The molecule has 0 spiro atoms. The second-order valence-corrected chi connectivity index (χ2v) is 5.56. The molecular formula is C16H22N4O. The predicted octanol–water partition coefficient (Wildman–Crippen LogP) is 3.10. The van der Waals surface area contributed by atoms with Crippen molar-refractivity contribution in [2.75, 3.05) is 5.32 Å². The van der Waals surface area contributed by atoms with Crippen molar-refractivity contribution in [2.45, 2.75) is 47.1 Å². The van der Waals surface area contributed by atoms with Gasteiger partial charge in [0.25, 0.3) is 0 Å². The molecule has 21 heavy (non-hydrogen) atoms. The lowest BCUT2D eigenvalue weighted by Gasteiger charge is -2.14. The summed E-state index contributed by atoms with van der Waals surface area (Å²) in [6, 6.07) is 3.77. The predicted molar refractivity (Wildman–Crippen MR) is 83.4 cm³/mol. The van der Waals surface area contributed by atoms with Crippen molar-refractivity contribution >= 4 is 11.7 Å². The second-order valence-electron chi connectivity index (χ2n) is 5.56. The van der Waals surface area contributed by atoms with E-state index in [1.54, 1.807) is 6.20 Å². The Morgan fingerprint density at radius 1 is 1.33 bits per heavy atom. The van der Waals surface area contributed by atoms with Crippen LogP contribution < -0.4 is 5.32 Å². The molecule has 0 radical (unpaired) electrons. The summed E-state index contributed by atoms with van der Waals surface area (Å²) in [7, 11) is 0. The lowest BCUT2D eigenvalue weighted by molar-refractivity contribution is -0.116. The first-order valence-corrected chi connectivity index (χ1v) is 7.13. The van der Waals surface area contributed by atoms with Crippen molar-refractivity contribution in [3.05, 3.63) is 40.8 Å². The van der Waals surface area contributed by atoms with Gasteiger partial charge in [0.1, 0.15) is 5.82 Å². The number of carbonyl (C=O) groups excluding carboxylic acids is 1. The second kappa shape index (κ2) is 6.08. The molecule has 2 rings (SSSR count). The van der Waals surface area contributed by atoms with E-state index in [0.29, 0.717) is 12.2 Å². The summed E-state index contributed by atoms with van der Waals surface area (Å²) in [6.07, 6.45) is 2.07. The van der Waals surface area contributed by atoms with Gasteiger partial charge in [-0.2, -0.15) is 5.10 Å². The third-order valence-corrected chi connectivity index (χ3v) is 3.77. The van der Waals surface area contributed by atoms with E-state index in [1.165, 1.54) is 5.56 Å². The van der Waals surface area contributed by atoms with Crippen molar-refractivity contribution in [1.29, 1.82) is 0 Å². The van der Waals surface area contributed by atoms with Crippen molar-refractivity contribution in [3.8, 4) is 0 Å². The number of rotatable bonds is 4. The summed E-state index contributed by atoms with van der Waals surface area (Å²) in [5, 5.41) is 7.34. The zero-order valence-corrected chi connectivity index (χ0v) is 13.3. The number of pyridine rings is 1. The number of hydrogen-bond donors (Lipinski definition) is 1. The normalized spacial score (nSPS) is 12.2. The van der Waals surface area contributed by atoms with Gasteiger partial charge in [0.15, 0.2) is 0 Å². The van der Waals surface area contributed by atoms with E-state index >= 15 is 0 Å². The lowest BCUT2D eigenvalue weighted by Crippen LogP contribution is -2.19. The molecule has 2 aromatic rings. The summed E-state index contributed by atoms with van der Waals surface area (Å²) in [5.41, 5.74) is 4.38. The first kappa shape index (κ1) is 15.2. The zero-order valence-electron chi connectivity index (χ0n) is 13.3. The van der Waals surface area contributed by atoms with Crippen LogP contribution in [0.25, 0.3) is 0 Å². The first-order chi connectivity index (χ1) is 9.88. The molecule has 5 nitrogen and oxygen atoms in total. The van der Waals surface area contributed by atoms with Gasteiger partial charge in [-0.05, 0) is 57.9 Å². The fraction of sp³-hybridized carbons (Fsp3) is 0.438. The number of aromatic nitrogens is 3. The molecule has 2 heterocycles. The number of anilines is 1. The van der Waals surface area contributed by atoms with Gasteiger partial charge in [-0.1, -0.05) is 0 Å². The van der Waals surface area contributed by atoms with E-state index in [1.807, 2.05) is 44.5 Å². The molecule has 0 aliphatic carbocycles. The monoisotopic (exact) mass is 286 g/mol. The van der Waals surface area contributed by atoms with Crippen molar-refractivity contribution < 1.29 is 4.79 Å². The minimum Gasteiger partial charge on any atom is -0.311 e. The van der Waals surface area contributed by atoms with Gasteiger partial charge in [0.05, 0.1) is 11.7 Å². The maximum absolute atomic E-state index is 12.1. The highest BCUT2D eigenvalue weighted by Crippen LogP contribution is 2.19. The van der Waals surface area contributed by atoms with Crippen molar-refractivity contribution in [1.82, 2.24) is 14.8 Å². The molecule has 1 amide bonds. The summed E-state index contributed by atoms with van der Waals surface area (Å²) in [4.78, 5) is 16.3. The maximum Gasteiger partial charge on any atom is 0.227 e. The van der Waals surface area contributed by atoms with E-state index in [4.69, 9.17) is 0 Å². The molecule has 0 aromatic carbocycles. The Bertz CT molecular complexity index is 660. The van der Waals surface area contributed by atoms with E-state index < -0.39 is 0 Å². The minimum atomic E-state index is -0.0502. The van der Waals surface area contributed by atoms with E-state index in [-0.39, 0.29) is 11.9 Å². The van der Waals surface area contributed by atoms with Crippen LogP contribution in [-0.4, -0.2) is 20.7 Å². The highest BCUT2D eigenvalue weighted by Gasteiger charge is 2.16. The number of carbonyl (C=O) groups is 1. The van der Waals surface area contributed by atoms with Gasteiger partial charge in [-0.25, -0.2) is 4.98 Å². The molecule has 112 valence electrons. The van der Waals surface area contributed by atoms with Crippen LogP contribution in [-0.2, 0) is 4.79 Å². The molecule has 0 saturated carbocycles. The summed E-state index contributed by atoms with van der Waals surface area (Å²) >= 11 is 0. The van der Waals surface area contributed by atoms with Crippen molar-refractivity contribution in [2.24, 2.45) is 0 Å². The molecule has 0 bridgehead atoms. The third kappa shape index (κ3) is 3.48. The van der Waals surface area contributed by atoms with Crippen LogP contribution in [0.15, 0.2) is 18.3 Å². The Balaban J connectivity index is 2.03. The third-order valence-electron chi connectivity index (χ3n) is 3.77. The van der Waals surface area contributed by atoms with Crippen LogP contribution in [0.3, 0.4) is 0 Å². The molecule has 1 N–H and O–H groups in total. The first-order valence-electron chi connectivity index (χ1n) is 7.13. The molecular weight excluding hydrogens is 264 g/mol. The van der Waals surface area contributed by atoms with Gasteiger partial charge in [-0.3, -0.25) is 9.48 Å². The smallest absolute Gasteiger partial charge is 0.227 e. The van der Waals surface area contributed by atoms with Crippen LogP contribution >= 0.6 is 0 Å². The topological polar surface area (TPSA) is 59.8 Å². The number of amides is 1. The molecule has 0 aliphatic heterocycles. The summed E-state index contributed by atoms with van der Waals surface area (Å²) in [6.45, 7) is 10.0. The fourth-order valence-electron chi connectivity index (χ4n) is 2.33.